The zero-order valence-corrected chi connectivity index (χ0v) is 14.9. The first-order chi connectivity index (χ1) is 7.91. The first-order valence-electron chi connectivity index (χ1n) is 4.56. The average Bonchev–Trinajstić information content (AvgIpc) is 2.22. The summed E-state index contributed by atoms with van der Waals surface area (Å²) in [4.78, 5) is 22.2. The highest BCUT2D eigenvalue weighted by Crippen LogP contribution is 2.22. The van der Waals surface area contributed by atoms with Crippen LogP contribution >= 0.6 is 67.8 Å². The van der Waals surface area contributed by atoms with Crippen molar-refractivity contribution in [2.45, 2.75) is 6.42 Å². The van der Waals surface area contributed by atoms with Crippen LogP contribution in [0.25, 0.3) is 0 Å². The molecule has 0 aliphatic carbocycles. The second-order valence-electron chi connectivity index (χ2n) is 3.15. The lowest BCUT2D eigenvalue weighted by Crippen LogP contribution is -2.27. The molecule has 0 aromatic heterocycles. The molecule has 0 bridgehead atoms. The van der Waals surface area contributed by atoms with Gasteiger partial charge >= 0.3 is 5.97 Å². The second-order valence-corrected chi connectivity index (χ2v) is 6.64. The Morgan fingerprint density at radius 1 is 1.24 bits per heavy atom. The number of carbonyl (C=O) groups excluding carboxylic acids is 1. The average molecular weight is 571 g/mol. The van der Waals surface area contributed by atoms with E-state index in [4.69, 9.17) is 5.11 Å². The number of carboxylic acid groups (broad SMARTS) is 1. The highest BCUT2D eigenvalue weighted by molar-refractivity contribution is 14.1. The van der Waals surface area contributed by atoms with Crippen LogP contribution in [0.4, 0.5) is 0 Å². The molecule has 1 aromatic carbocycles. The fraction of sp³-hybridized carbons (Fsp3) is 0.200. The molecule has 1 amide bonds. The summed E-state index contributed by atoms with van der Waals surface area (Å²) in [6.07, 6.45) is -0.0661. The quantitative estimate of drug-likeness (QED) is 0.432. The standard InChI is InChI=1S/C10H8I3NO3/c11-5-3-6(9(13)7(12)4-5)10(17)14-2-1-8(15)16/h3-4H,1-2H2,(H,14,17)(H,15,16). The van der Waals surface area contributed by atoms with Crippen molar-refractivity contribution >= 4 is 79.6 Å². The van der Waals surface area contributed by atoms with E-state index in [1.165, 1.54) is 0 Å². The Hall–Kier alpha value is 0.350. The summed E-state index contributed by atoms with van der Waals surface area (Å²) in [6.45, 7) is 0.145. The van der Waals surface area contributed by atoms with Gasteiger partial charge in [-0.1, -0.05) is 0 Å². The minimum Gasteiger partial charge on any atom is -0.481 e. The van der Waals surface area contributed by atoms with Crippen molar-refractivity contribution in [3.05, 3.63) is 28.4 Å². The molecule has 0 atom stereocenters. The molecule has 2 N–H and O–H groups in total. The molecule has 0 heterocycles. The molecular weight excluding hydrogens is 563 g/mol. The molecule has 0 aliphatic rings. The first-order valence-corrected chi connectivity index (χ1v) is 7.80. The molecule has 0 fully saturated rings. The van der Waals surface area contributed by atoms with Gasteiger partial charge in [0, 0.05) is 17.3 Å². The van der Waals surface area contributed by atoms with Gasteiger partial charge < -0.3 is 10.4 Å². The zero-order valence-electron chi connectivity index (χ0n) is 8.47. The predicted molar refractivity (Wildman–Crippen MR) is 89.2 cm³/mol. The van der Waals surface area contributed by atoms with Gasteiger partial charge in [0.05, 0.1) is 12.0 Å². The molecule has 0 unspecified atom stereocenters. The summed E-state index contributed by atoms with van der Waals surface area (Å²) in [5.41, 5.74) is 0.590. The van der Waals surface area contributed by atoms with E-state index >= 15 is 0 Å². The molecule has 1 rings (SSSR count). The summed E-state index contributed by atoms with van der Waals surface area (Å²) < 4.78 is 2.88. The molecule has 0 aliphatic heterocycles. The molecule has 17 heavy (non-hydrogen) atoms. The molecular formula is C10H8I3NO3. The van der Waals surface area contributed by atoms with Crippen LogP contribution in [-0.4, -0.2) is 23.5 Å². The normalized spacial score (nSPS) is 10.1. The number of hydrogen-bond donors (Lipinski definition) is 2. The van der Waals surface area contributed by atoms with Crippen molar-refractivity contribution in [1.29, 1.82) is 0 Å². The van der Waals surface area contributed by atoms with Crippen LogP contribution in [0.3, 0.4) is 0 Å². The molecule has 1 aromatic rings. The maximum Gasteiger partial charge on any atom is 0.305 e. The summed E-state index contributed by atoms with van der Waals surface area (Å²) >= 11 is 6.43. The monoisotopic (exact) mass is 571 g/mol. The van der Waals surface area contributed by atoms with E-state index in [1.807, 2.05) is 6.07 Å². The van der Waals surface area contributed by atoms with Crippen molar-refractivity contribution in [2.24, 2.45) is 0 Å². The minimum absolute atomic E-state index is 0.0661. The van der Waals surface area contributed by atoms with Gasteiger partial charge in [-0.2, -0.15) is 0 Å². The van der Waals surface area contributed by atoms with Crippen LogP contribution < -0.4 is 5.32 Å². The fourth-order valence-electron chi connectivity index (χ4n) is 1.10. The van der Waals surface area contributed by atoms with Gasteiger partial charge in [-0.3, -0.25) is 9.59 Å². The minimum atomic E-state index is -0.919. The summed E-state index contributed by atoms with van der Waals surface area (Å²) in [5.74, 6) is -1.15. The molecule has 0 spiro atoms. The highest BCUT2D eigenvalue weighted by Gasteiger charge is 2.13. The van der Waals surface area contributed by atoms with Crippen LogP contribution in [0.15, 0.2) is 12.1 Å². The van der Waals surface area contributed by atoms with Crippen LogP contribution in [0.2, 0.25) is 0 Å². The van der Waals surface area contributed by atoms with E-state index in [-0.39, 0.29) is 18.9 Å². The number of amides is 1. The van der Waals surface area contributed by atoms with E-state index in [9.17, 15) is 9.59 Å². The lowest BCUT2D eigenvalue weighted by Gasteiger charge is -2.08. The van der Waals surface area contributed by atoms with Crippen LogP contribution in [0.1, 0.15) is 16.8 Å². The van der Waals surface area contributed by atoms with Crippen LogP contribution in [0.5, 0.6) is 0 Å². The number of carbonyl (C=O) groups is 2. The number of halogens is 3. The third-order valence-corrected chi connectivity index (χ3v) is 5.53. The summed E-state index contributed by atoms with van der Waals surface area (Å²) in [6, 6.07) is 3.78. The Balaban J connectivity index is 2.78. The van der Waals surface area contributed by atoms with Gasteiger partial charge in [0.15, 0.2) is 0 Å². The molecule has 4 nitrogen and oxygen atoms in total. The molecule has 0 radical (unpaired) electrons. The van der Waals surface area contributed by atoms with Gasteiger partial charge in [-0.25, -0.2) is 0 Å². The number of rotatable bonds is 4. The van der Waals surface area contributed by atoms with E-state index in [0.717, 1.165) is 10.7 Å². The molecule has 7 heteroatoms. The van der Waals surface area contributed by atoms with Gasteiger partial charge in [0.1, 0.15) is 0 Å². The fourth-order valence-corrected chi connectivity index (χ4v) is 3.50. The largest absolute Gasteiger partial charge is 0.481 e. The molecule has 92 valence electrons. The van der Waals surface area contributed by atoms with Gasteiger partial charge in [-0.15, -0.1) is 0 Å². The SMILES string of the molecule is O=C(O)CCNC(=O)c1cc(I)cc(I)c1I. The van der Waals surface area contributed by atoms with Crippen molar-refractivity contribution in [3.63, 3.8) is 0 Å². The Labute approximate surface area is 139 Å². The van der Waals surface area contributed by atoms with Crippen LogP contribution in [-0.2, 0) is 4.79 Å². The maximum atomic E-state index is 11.8. The number of benzene rings is 1. The predicted octanol–water partition coefficient (Wildman–Crippen LogP) is 2.70. The van der Waals surface area contributed by atoms with Gasteiger partial charge in [0.25, 0.3) is 5.91 Å². The van der Waals surface area contributed by atoms with Gasteiger partial charge in [-0.05, 0) is 79.9 Å². The number of carboxylic acids is 1. The summed E-state index contributed by atoms with van der Waals surface area (Å²) in [7, 11) is 0. The van der Waals surface area contributed by atoms with E-state index in [1.54, 1.807) is 6.07 Å². The summed E-state index contributed by atoms with van der Waals surface area (Å²) in [5, 5.41) is 11.1. The van der Waals surface area contributed by atoms with Gasteiger partial charge in [0.2, 0.25) is 0 Å². The maximum absolute atomic E-state index is 11.8. The van der Waals surface area contributed by atoms with Crippen molar-refractivity contribution in [1.82, 2.24) is 5.32 Å². The number of aliphatic carboxylic acids is 1. The number of hydrogen-bond acceptors (Lipinski definition) is 2. The second kappa shape index (κ2) is 7.07. The lowest BCUT2D eigenvalue weighted by molar-refractivity contribution is -0.136. The van der Waals surface area contributed by atoms with Crippen molar-refractivity contribution < 1.29 is 14.7 Å². The highest BCUT2D eigenvalue weighted by atomic mass is 127. The van der Waals surface area contributed by atoms with E-state index in [2.05, 4.69) is 73.1 Å². The van der Waals surface area contributed by atoms with E-state index < -0.39 is 5.97 Å². The topological polar surface area (TPSA) is 66.4 Å². The van der Waals surface area contributed by atoms with Crippen molar-refractivity contribution in [3.8, 4) is 0 Å². The Morgan fingerprint density at radius 2 is 1.88 bits per heavy atom. The molecule has 0 saturated heterocycles. The Bertz CT molecular complexity index is 462. The molecule has 0 saturated carbocycles. The Kier molecular flexibility index (Phi) is 6.40. The smallest absolute Gasteiger partial charge is 0.305 e. The van der Waals surface area contributed by atoms with E-state index in [0.29, 0.717) is 5.56 Å². The Morgan fingerprint density at radius 3 is 2.47 bits per heavy atom. The van der Waals surface area contributed by atoms with Crippen molar-refractivity contribution in [2.75, 3.05) is 6.54 Å². The van der Waals surface area contributed by atoms with Crippen LogP contribution in [0, 0.1) is 10.7 Å². The lowest BCUT2D eigenvalue weighted by atomic mass is 10.2. The first kappa shape index (κ1) is 15.4. The zero-order chi connectivity index (χ0) is 13.0. The third kappa shape index (κ3) is 4.85. The third-order valence-electron chi connectivity index (χ3n) is 1.86. The number of nitrogens with one attached hydrogen (secondary N) is 1.